The van der Waals surface area contributed by atoms with Crippen LogP contribution in [0.25, 0.3) is 0 Å². The van der Waals surface area contributed by atoms with Gasteiger partial charge in [-0.05, 0) is 25.1 Å². The summed E-state index contributed by atoms with van der Waals surface area (Å²) in [4.78, 5) is 21.6. The Hall–Kier alpha value is -2.47. The molecule has 0 aromatic heterocycles. The van der Waals surface area contributed by atoms with E-state index in [1.807, 2.05) is 0 Å². The molecule has 0 N–H and O–H groups in total. The van der Waals surface area contributed by atoms with Gasteiger partial charge in [0.25, 0.3) is 5.69 Å². The van der Waals surface area contributed by atoms with Crippen molar-refractivity contribution in [3.8, 4) is 11.5 Å². The lowest BCUT2D eigenvalue weighted by Crippen LogP contribution is -2.00. The van der Waals surface area contributed by atoms with E-state index in [4.69, 9.17) is 16.3 Å². The van der Waals surface area contributed by atoms with Crippen molar-refractivity contribution in [3.63, 3.8) is 0 Å². The fourth-order valence-corrected chi connectivity index (χ4v) is 1.84. The summed E-state index contributed by atoms with van der Waals surface area (Å²) < 4.78 is 19.1. The molecule has 0 saturated carbocycles. The maximum absolute atomic E-state index is 13.8. The molecule has 108 valence electrons. The van der Waals surface area contributed by atoms with E-state index in [1.54, 1.807) is 0 Å². The van der Waals surface area contributed by atoms with Crippen molar-refractivity contribution in [1.29, 1.82) is 0 Å². The molecule has 7 heteroatoms. The van der Waals surface area contributed by atoms with Crippen LogP contribution in [0.2, 0.25) is 5.02 Å². The Morgan fingerprint density at radius 1 is 1.33 bits per heavy atom. The standard InChI is InChI=1S/C14H9ClFNO4/c1-8(18)10-3-2-4-12(16)14(10)21-13-7-9(17(19)20)5-6-11(13)15/h2-7H,1H3. The fraction of sp³-hybridized carbons (Fsp3) is 0.0714. The number of Topliss-reactive ketones (excluding diaryl/α,β-unsaturated/α-hetero) is 1. The van der Waals surface area contributed by atoms with E-state index in [-0.39, 0.29) is 27.8 Å². The van der Waals surface area contributed by atoms with E-state index < -0.39 is 16.5 Å². The summed E-state index contributed by atoms with van der Waals surface area (Å²) in [6.45, 7) is 1.26. The zero-order valence-corrected chi connectivity index (χ0v) is 11.6. The number of nitrogens with zero attached hydrogens (tertiary/aromatic N) is 1. The molecular weight excluding hydrogens is 301 g/mol. The lowest BCUT2D eigenvalue weighted by molar-refractivity contribution is -0.384. The number of carbonyl (C=O) groups is 1. The summed E-state index contributed by atoms with van der Waals surface area (Å²) in [7, 11) is 0. The van der Waals surface area contributed by atoms with Gasteiger partial charge in [0.2, 0.25) is 0 Å². The third-order valence-electron chi connectivity index (χ3n) is 2.68. The monoisotopic (exact) mass is 309 g/mol. The number of ketones is 1. The molecule has 0 aliphatic carbocycles. The number of nitro benzene ring substituents is 1. The fourth-order valence-electron chi connectivity index (χ4n) is 1.68. The number of rotatable bonds is 4. The predicted molar refractivity (Wildman–Crippen MR) is 74.6 cm³/mol. The van der Waals surface area contributed by atoms with E-state index in [0.717, 1.165) is 12.1 Å². The highest BCUT2D eigenvalue weighted by Gasteiger charge is 2.17. The van der Waals surface area contributed by atoms with Crippen molar-refractivity contribution in [1.82, 2.24) is 0 Å². The van der Waals surface area contributed by atoms with Crippen molar-refractivity contribution in [2.75, 3.05) is 0 Å². The average Bonchev–Trinajstić information content (AvgIpc) is 2.42. The van der Waals surface area contributed by atoms with Crippen LogP contribution in [-0.4, -0.2) is 10.7 Å². The average molecular weight is 310 g/mol. The van der Waals surface area contributed by atoms with Crippen LogP contribution in [-0.2, 0) is 0 Å². The summed E-state index contributed by atoms with van der Waals surface area (Å²) in [6.07, 6.45) is 0. The molecule has 0 spiro atoms. The number of halogens is 2. The molecule has 0 aliphatic rings. The third kappa shape index (κ3) is 3.17. The highest BCUT2D eigenvalue weighted by Crippen LogP contribution is 2.35. The summed E-state index contributed by atoms with van der Waals surface area (Å²) in [6, 6.07) is 7.41. The van der Waals surface area contributed by atoms with E-state index in [2.05, 4.69) is 0 Å². The Labute approximate surface area is 124 Å². The first-order valence-corrected chi connectivity index (χ1v) is 6.19. The lowest BCUT2D eigenvalue weighted by atomic mass is 10.1. The second-order valence-electron chi connectivity index (χ2n) is 4.15. The Morgan fingerprint density at radius 3 is 2.67 bits per heavy atom. The number of nitro groups is 1. The molecule has 0 aliphatic heterocycles. The summed E-state index contributed by atoms with van der Waals surface area (Å²) in [5.74, 6) is -1.57. The predicted octanol–water partition coefficient (Wildman–Crippen LogP) is 4.38. The Balaban J connectivity index is 2.50. The molecule has 2 rings (SSSR count). The Bertz CT molecular complexity index is 733. The van der Waals surface area contributed by atoms with Crippen molar-refractivity contribution in [2.45, 2.75) is 6.92 Å². The summed E-state index contributed by atoms with van der Waals surface area (Å²) >= 11 is 5.88. The zero-order valence-electron chi connectivity index (χ0n) is 10.8. The van der Waals surface area contributed by atoms with Gasteiger partial charge in [-0.3, -0.25) is 14.9 Å². The van der Waals surface area contributed by atoms with Gasteiger partial charge in [0.05, 0.1) is 21.6 Å². The van der Waals surface area contributed by atoms with E-state index in [0.29, 0.717) is 0 Å². The number of hydrogen-bond acceptors (Lipinski definition) is 4. The first kappa shape index (κ1) is 14.9. The van der Waals surface area contributed by atoms with Crippen LogP contribution in [0.1, 0.15) is 17.3 Å². The van der Waals surface area contributed by atoms with Crippen LogP contribution in [0.5, 0.6) is 11.5 Å². The molecule has 0 bridgehead atoms. The zero-order chi connectivity index (χ0) is 15.6. The van der Waals surface area contributed by atoms with Gasteiger partial charge in [0.1, 0.15) is 0 Å². The minimum atomic E-state index is -0.759. The first-order valence-electron chi connectivity index (χ1n) is 5.81. The number of hydrogen-bond donors (Lipinski definition) is 0. The minimum absolute atomic E-state index is 0.0255. The molecule has 0 fully saturated rings. The van der Waals surface area contributed by atoms with E-state index in [9.17, 15) is 19.3 Å². The minimum Gasteiger partial charge on any atom is -0.452 e. The molecule has 0 atom stereocenters. The van der Waals surface area contributed by atoms with Crippen molar-refractivity contribution >= 4 is 23.1 Å². The highest BCUT2D eigenvalue weighted by molar-refractivity contribution is 6.32. The molecule has 0 radical (unpaired) electrons. The number of benzene rings is 2. The van der Waals surface area contributed by atoms with Crippen LogP contribution in [0, 0.1) is 15.9 Å². The third-order valence-corrected chi connectivity index (χ3v) is 3.00. The van der Waals surface area contributed by atoms with Crippen molar-refractivity contribution in [2.24, 2.45) is 0 Å². The Morgan fingerprint density at radius 2 is 2.05 bits per heavy atom. The van der Waals surface area contributed by atoms with Gasteiger partial charge >= 0.3 is 0 Å². The second kappa shape index (κ2) is 5.88. The number of para-hydroxylation sites is 1. The van der Waals surface area contributed by atoms with Crippen molar-refractivity contribution < 1.29 is 18.8 Å². The molecular formula is C14H9ClFNO4. The van der Waals surface area contributed by atoms with Gasteiger partial charge in [-0.15, -0.1) is 0 Å². The number of carbonyl (C=O) groups excluding carboxylic acids is 1. The van der Waals surface area contributed by atoms with E-state index in [1.165, 1.54) is 31.2 Å². The van der Waals surface area contributed by atoms with Gasteiger partial charge in [-0.2, -0.15) is 0 Å². The molecule has 2 aromatic rings. The second-order valence-corrected chi connectivity index (χ2v) is 4.55. The van der Waals surface area contributed by atoms with Crippen LogP contribution in [0.4, 0.5) is 10.1 Å². The van der Waals surface area contributed by atoms with Gasteiger partial charge < -0.3 is 4.74 Å². The molecule has 5 nitrogen and oxygen atoms in total. The van der Waals surface area contributed by atoms with Gasteiger partial charge in [0, 0.05) is 6.07 Å². The summed E-state index contributed by atoms with van der Waals surface area (Å²) in [5, 5.41) is 10.8. The smallest absolute Gasteiger partial charge is 0.273 e. The van der Waals surface area contributed by atoms with Gasteiger partial charge in [0.15, 0.2) is 23.1 Å². The topological polar surface area (TPSA) is 69.4 Å². The van der Waals surface area contributed by atoms with Crippen molar-refractivity contribution in [3.05, 3.63) is 62.9 Å². The molecule has 2 aromatic carbocycles. The molecule has 0 amide bonds. The largest absolute Gasteiger partial charge is 0.452 e. The quantitative estimate of drug-likeness (QED) is 0.477. The molecule has 0 unspecified atom stereocenters. The highest BCUT2D eigenvalue weighted by atomic mass is 35.5. The van der Waals surface area contributed by atoms with Crippen LogP contribution in [0.15, 0.2) is 36.4 Å². The van der Waals surface area contributed by atoms with Gasteiger partial charge in [-0.25, -0.2) is 4.39 Å². The normalized spacial score (nSPS) is 10.2. The van der Waals surface area contributed by atoms with Crippen LogP contribution >= 0.6 is 11.6 Å². The molecule has 0 heterocycles. The van der Waals surface area contributed by atoms with E-state index >= 15 is 0 Å². The van der Waals surface area contributed by atoms with Crippen LogP contribution in [0.3, 0.4) is 0 Å². The molecule has 0 saturated heterocycles. The van der Waals surface area contributed by atoms with Gasteiger partial charge in [-0.1, -0.05) is 17.7 Å². The molecule has 21 heavy (non-hydrogen) atoms. The first-order chi connectivity index (χ1) is 9.90. The number of ether oxygens (including phenoxy) is 1. The Kier molecular flexibility index (Phi) is 4.18. The maximum atomic E-state index is 13.8. The maximum Gasteiger partial charge on any atom is 0.273 e. The lowest BCUT2D eigenvalue weighted by Gasteiger charge is -2.11. The van der Waals surface area contributed by atoms with Crippen LogP contribution < -0.4 is 4.74 Å². The number of non-ortho nitro benzene ring substituents is 1. The SMILES string of the molecule is CC(=O)c1cccc(F)c1Oc1cc([N+](=O)[O-])ccc1Cl. The summed E-state index contributed by atoms with van der Waals surface area (Å²) in [5.41, 5.74) is -0.229.